The lowest BCUT2D eigenvalue weighted by Crippen LogP contribution is -2.66. The summed E-state index contributed by atoms with van der Waals surface area (Å²) in [6.45, 7) is 4.91. The molecule has 3 fully saturated rings. The van der Waals surface area contributed by atoms with Crippen LogP contribution in [0.4, 0.5) is 10.5 Å². The van der Waals surface area contributed by atoms with Gasteiger partial charge in [0.1, 0.15) is 17.8 Å². The van der Waals surface area contributed by atoms with Crippen LogP contribution in [0.15, 0.2) is 36.9 Å². The minimum absolute atomic E-state index is 0.0181. The second-order valence-electron chi connectivity index (χ2n) is 8.08. The van der Waals surface area contributed by atoms with Crippen molar-refractivity contribution in [1.82, 2.24) is 15.1 Å². The van der Waals surface area contributed by atoms with Crippen molar-refractivity contribution in [1.29, 1.82) is 0 Å². The number of benzene rings is 1. The van der Waals surface area contributed by atoms with Gasteiger partial charge in [-0.15, -0.1) is 6.58 Å². The van der Waals surface area contributed by atoms with Gasteiger partial charge >= 0.3 is 6.03 Å². The van der Waals surface area contributed by atoms with E-state index in [1.54, 1.807) is 47.3 Å². The molecule has 3 aliphatic heterocycles. The average molecular weight is 428 g/mol. The third kappa shape index (κ3) is 4.36. The van der Waals surface area contributed by atoms with Crippen LogP contribution in [-0.2, 0) is 14.3 Å². The number of piperidine rings is 1. The van der Waals surface area contributed by atoms with E-state index in [9.17, 15) is 14.4 Å². The number of methoxy groups -OCH3 is 1. The Morgan fingerprint density at radius 2 is 1.87 bits per heavy atom. The van der Waals surface area contributed by atoms with E-state index in [4.69, 9.17) is 9.47 Å². The lowest BCUT2D eigenvalue weighted by atomic mass is 9.92. The van der Waals surface area contributed by atoms with Crippen molar-refractivity contribution in [3.05, 3.63) is 36.9 Å². The van der Waals surface area contributed by atoms with Gasteiger partial charge in [-0.1, -0.05) is 6.08 Å². The van der Waals surface area contributed by atoms with E-state index in [-0.39, 0.29) is 30.0 Å². The standard InChI is InChI=1S/C22H28N4O5/c1-3-10-31-17-12-19-20(27)25-9-8-15(11-18(25)21(28)26(19)13-17)24-22(29)23-14-4-6-16(30-2)7-5-14/h3-7,15,17-19H,1,8-13H2,2H3,(H2,23,24,29)/t15-,17-,18+,19+/m1/s1. The number of fused-ring (bicyclic) bond motifs is 2. The van der Waals surface area contributed by atoms with E-state index in [0.717, 1.165) is 0 Å². The van der Waals surface area contributed by atoms with Crippen LogP contribution in [0.3, 0.4) is 0 Å². The number of hydrogen-bond acceptors (Lipinski definition) is 5. The molecule has 9 heteroatoms. The third-order valence-corrected chi connectivity index (χ3v) is 6.13. The van der Waals surface area contributed by atoms with E-state index in [0.29, 0.717) is 50.4 Å². The summed E-state index contributed by atoms with van der Waals surface area (Å²) in [6, 6.07) is 5.52. The molecule has 3 heterocycles. The molecule has 4 amide bonds. The Morgan fingerprint density at radius 1 is 1.16 bits per heavy atom. The maximum absolute atomic E-state index is 13.1. The number of anilines is 1. The Kier molecular flexibility index (Phi) is 6.13. The Balaban J connectivity index is 1.35. The first-order chi connectivity index (χ1) is 15.0. The Labute approximate surface area is 181 Å². The summed E-state index contributed by atoms with van der Waals surface area (Å²) >= 11 is 0. The number of hydrogen-bond donors (Lipinski definition) is 2. The number of carbonyl (C=O) groups is 3. The smallest absolute Gasteiger partial charge is 0.319 e. The van der Waals surface area contributed by atoms with Gasteiger partial charge in [0.15, 0.2) is 0 Å². The first-order valence-electron chi connectivity index (χ1n) is 10.5. The maximum atomic E-state index is 13.1. The highest BCUT2D eigenvalue weighted by atomic mass is 16.5. The number of amides is 4. The molecule has 0 aromatic heterocycles. The largest absolute Gasteiger partial charge is 0.497 e. The molecule has 2 N–H and O–H groups in total. The van der Waals surface area contributed by atoms with Crippen LogP contribution in [0.25, 0.3) is 0 Å². The number of carbonyl (C=O) groups excluding carboxylic acids is 3. The highest BCUT2D eigenvalue weighted by Crippen LogP contribution is 2.32. The van der Waals surface area contributed by atoms with Gasteiger partial charge in [0.25, 0.3) is 0 Å². The minimum atomic E-state index is -0.540. The predicted octanol–water partition coefficient (Wildman–Crippen LogP) is 1.36. The summed E-state index contributed by atoms with van der Waals surface area (Å²) in [5.74, 6) is 0.628. The maximum Gasteiger partial charge on any atom is 0.319 e. The van der Waals surface area contributed by atoms with E-state index in [1.807, 2.05) is 0 Å². The first-order valence-corrected chi connectivity index (χ1v) is 10.5. The van der Waals surface area contributed by atoms with Gasteiger partial charge in [-0.05, 0) is 37.1 Å². The van der Waals surface area contributed by atoms with Gasteiger partial charge in [-0.3, -0.25) is 9.59 Å². The predicted molar refractivity (Wildman–Crippen MR) is 114 cm³/mol. The molecule has 1 aromatic rings. The van der Waals surface area contributed by atoms with Crippen molar-refractivity contribution in [2.45, 2.75) is 43.5 Å². The molecule has 4 atom stereocenters. The van der Waals surface area contributed by atoms with Crippen molar-refractivity contribution in [3.8, 4) is 5.75 Å². The van der Waals surface area contributed by atoms with Gasteiger partial charge in [-0.25, -0.2) is 4.79 Å². The Morgan fingerprint density at radius 3 is 2.58 bits per heavy atom. The molecule has 0 aliphatic carbocycles. The molecule has 4 rings (SSSR count). The molecule has 0 bridgehead atoms. The zero-order valence-electron chi connectivity index (χ0n) is 17.6. The fourth-order valence-electron chi connectivity index (χ4n) is 4.60. The van der Waals surface area contributed by atoms with Crippen LogP contribution in [0, 0.1) is 0 Å². The second-order valence-corrected chi connectivity index (χ2v) is 8.08. The van der Waals surface area contributed by atoms with E-state index < -0.39 is 12.1 Å². The summed E-state index contributed by atoms with van der Waals surface area (Å²) in [5.41, 5.74) is 0.644. The third-order valence-electron chi connectivity index (χ3n) is 6.13. The molecule has 166 valence electrons. The highest BCUT2D eigenvalue weighted by molar-refractivity contribution is 5.98. The van der Waals surface area contributed by atoms with Crippen molar-refractivity contribution >= 4 is 23.5 Å². The van der Waals surface area contributed by atoms with Gasteiger partial charge in [0, 0.05) is 31.2 Å². The topological polar surface area (TPSA) is 100 Å². The van der Waals surface area contributed by atoms with Crippen LogP contribution < -0.4 is 15.4 Å². The molecule has 3 aliphatic rings. The summed E-state index contributed by atoms with van der Waals surface area (Å²) in [5, 5.41) is 5.72. The number of nitrogens with one attached hydrogen (secondary N) is 2. The van der Waals surface area contributed by atoms with Gasteiger partial charge in [0.05, 0.1) is 19.8 Å². The van der Waals surface area contributed by atoms with Crippen molar-refractivity contribution in [2.75, 3.05) is 32.1 Å². The molecule has 1 aromatic carbocycles. The molecule has 9 nitrogen and oxygen atoms in total. The fraction of sp³-hybridized carbons (Fsp3) is 0.500. The minimum Gasteiger partial charge on any atom is -0.497 e. The van der Waals surface area contributed by atoms with E-state index >= 15 is 0 Å². The number of nitrogens with zero attached hydrogens (tertiary/aromatic N) is 2. The van der Waals surface area contributed by atoms with Crippen molar-refractivity contribution < 1.29 is 23.9 Å². The van der Waals surface area contributed by atoms with Gasteiger partial charge in [-0.2, -0.15) is 0 Å². The zero-order chi connectivity index (χ0) is 22.0. The fourth-order valence-corrected chi connectivity index (χ4v) is 4.60. The van der Waals surface area contributed by atoms with Crippen LogP contribution in [0.1, 0.15) is 19.3 Å². The number of rotatable bonds is 6. The van der Waals surface area contributed by atoms with Gasteiger partial charge < -0.3 is 29.9 Å². The molecule has 0 unspecified atom stereocenters. The number of urea groups is 1. The quantitative estimate of drug-likeness (QED) is 0.667. The van der Waals surface area contributed by atoms with Crippen LogP contribution >= 0.6 is 0 Å². The first kappa shape index (κ1) is 21.2. The lowest BCUT2D eigenvalue weighted by molar-refractivity contribution is -0.161. The highest BCUT2D eigenvalue weighted by Gasteiger charge is 2.52. The molecular weight excluding hydrogens is 400 g/mol. The Bertz CT molecular complexity index is 858. The lowest BCUT2D eigenvalue weighted by Gasteiger charge is -2.46. The van der Waals surface area contributed by atoms with Crippen molar-refractivity contribution in [2.24, 2.45) is 0 Å². The Hall–Kier alpha value is -3.07. The number of piperazine rings is 1. The summed E-state index contributed by atoms with van der Waals surface area (Å²) in [4.78, 5) is 41.8. The van der Waals surface area contributed by atoms with Crippen LogP contribution in [0.5, 0.6) is 5.75 Å². The SMILES string of the molecule is C=CCO[C@@H]1C[C@H]2C(=O)N3CC[C@@H](NC(=O)Nc4ccc(OC)cc4)C[C@H]3C(=O)N2C1. The summed E-state index contributed by atoms with van der Waals surface area (Å²) in [7, 11) is 1.58. The summed E-state index contributed by atoms with van der Waals surface area (Å²) < 4.78 is 10.8. The molecule has 31 heavy (non-hydrogen) atoms. The molecule has 0 saturated carbocycles. The summed E-state index contributed by atoms with van der Waals surface area (Å²) in [6.07, 6.45) is 3.04. The number of ether oxygens (including phenoxy) is 2. The van der Waals surface area contributed by atoms with Crippen molar-refractivity contribution in [3.63, 3.8) is 0 Å². The molecule has 0 spiro atoms. The molecule has 3 saturated heterocycles. The van der Waals surface area contributed by atoms with Gasteiger partial charge in [0.2, 0.25) is 11.8 Å². The zero-order valence-corrected chi connectivity index (χ0v) is 17.6. The van der Waals surface area contributed by atoms with Crippen LogP contribution in [0.2, 0.25) is 0 Å². The van der Waals surface area contributed by atoms with Crippen LogP contribution in [-0.4, -0.2) is 78.7 Å². The second kappa shape index (κ2) is 8.97. The molecule has 0 radical (unpaired) electrons. The molecular formula is C22H28N4O5. The normalized spacial score (nSPS) is 27.4. The monoisotopic (exact) mass is 428 g/mol. The van der Waals surface area contributed by atoms with E-state index in [1.165, 1.54) is 0 Å². The average Bonchev–Trinajstić information content (AvgIpc) is 3.21. The van der Waals surface area contributed by atoms with E-state index in [2.05, 4.69) is 17.2 Å².